The van der Waals surface area contributed by atoms with Crippen LogP contribution in [-0.4, -0.2) is 36.8 Å². The van der Waals surface area contributed by atoms with Crippen LogP contribution >= 0.6 is 11.6 Å². The summed E-state index contributed by atoms with van der Waals surface area (Å²) in [5.74, 6) is 1.11. The summed E-state index contributed by atoms with van der Waals surface area (Å²) in [6.45, 7) is 4.26. The molecule has 0 saturated heterocycles. The maximum Gasteiger partial charge on any atom is 0.227 e. The lowest BCUT2D eigenvalue weighted by atomic mass is 9.95. The molecule has 1 fully saturated rings. The number of nitrogens with one attached hydrogen (secondary N) is 2. The van der Waals surface area contributed by atoms with Gasteiger partial charge in [-0.25, -0.2) is 4.98 Å². The van der Waals surface area contributed by atoms with Gasteiger partial charge in [-0.1, -0.05) is 49.9 Å². The zero-order valence-corrected chi connectivity index (χ0v) is 19.4. The van der Waals surface area contributed by atoms with Gasteiger partial charge in [0.1, 0.15) is 0 Å². The van der Waals surface area contributed by atoms with Gasteiger partial charge in [-0.15, -0.1) is 0 Å². The average Bonchev–Trinajstić information content (AvgIpc) is 3.22. The summed E-state index contributed by atoms with van der Waals surface area (Å²) in [4.78, 5) is 14.2. The quantitative estimate of drug-likeness (QED) is 0.361. The van der Waals surface area contributed by atoms with Crippen LogP contribution in [0.15, 0.2) is 24.5 Å². The molecule has 2 aromatic heterocycles. The van der Waals surface area contributed by atoms with Crippen molar-refractivity contribution >= 4 is 40.2 Å². The average molecular weight is 458 g/mol. The van der Waals surface area contributed by atoms with E-state index in [1.54, 1.807) is 13.0 Å². The second kappa shape index (κ2) is 9.92. The van der Waals surface area contributed by atoms with Crippen molar-refractivity contribution in [1.82, 2.24) is 19.5 Å². The maximum atomic E-state index is 10.1. The Morgan fingerprint density at radius 2 is 2.03 bits per heavy atom. The van der Waals surface area contributed by atoms with Gasteiger partial charge < -0.3 is 26.0 Å². The van der Waals surface area contributed by atoms with E-state index in [9.17, 15) is 5.11 Å². The third-order valence-corrected chi connectivity index (χ3v) is 6.65. The molecular weight excluding hydrogens is 426 g/mol. The fraction of sp³-hybridized carbons (Fsp3) is 0.522. The van der Waals surface area contributed by atoms with Crippen LogP contribution in [0, 0.1) is 0 Å². The fourth-order valence-corrected chi connectivity index (χ4v) is 4.57. The van der Waals surface area contributed by atoms with Crippen LogP contribution in [0.4, 0.5) is 17.5 Å². The molecule has 32 heavy (non-hydrogen) atoms. The first-order valence-corrected chi connectivity index (χ1v) is 11.8. The normalized spacial score (nSPS) is 16.8. The van der Waals surface area contributed by atoms with E-state index in [0.717, 1.165) is 36.0 Å². The Balaban J connectivity index is 1.70. The first-order chi connectivity index (χ1) is 15.5. The summed E-state index contributed by atoms with van der Waals surface area (Å²) < 4.78 is 2.18. The number of anilines is 3. The number of aliphatic hydroxyl groups is 1. The third-order valence-electron chi connectivity index (χ3n) is 6.32. The number of para-hydroxylation sites is 1. The molecule has 9 heteroatoms. The first kappa shape index (κ1) is 22.6. The minimum Gasteiger partial charge on any atom is -0.397 e. The number of hydrogen-bond acceptors (Lipinski definition) is 7. The molecule has 3 aromatic rings. The van der Waals surface area contributed by atoms with E-state index < -0.39 is 6.10 Å². The number of hydrogen-bond donors (Lipinski definition) is 4. The Bertz CT molecular complexity index is 1060. The van der Waals surface area contributed by atoms with Crippen LogP contribution in [0.5, 0.6) is 0 Å². The number of imidazole rings is 1. The molecule has 4 rings (SSSR count). The molecule has 172 valence electrons. The first-order valence-electron chi connectivity index (χ1n) is 11.4. The van der Waals surface area contributed by atoms with Crippen LogP contribution in [0.3, 0.4) is 0 Å². The number of aliphatic hydroxyl groups excluding tert-OH is 1. The van der Waals surface area contributed by atoms with Gasteiger partial charge in [0, 0.05) is 12.6 Å². The number of rotatable bonds is 8. The van der Waals surface area contributed by atoms with E-state index in [1.165, 1.54) is 19.3 Å². The molecular formula is C23H32ClN7O. The van der Waals surface area contributed by atoms with Gasteiger partial charge in [0.05, 0.1) is 29.2 Å². The number of nitrogens with zero attached hydrogens (tertiary/aromatic N) is 4. The highest BCUT2D eigenvalue weighted by Gasteiger charge is 2.22. The third kappa shape index (κ3) is 4.76. The SMILES string of the molecule is CCC(Nc1nc(NCc2cccc(Cl)c2N)c2ncn(C3CCCCC3)c2n1)C(C)O. The minimum atomic E-state index is -0.523. The summed E-state index contributed by atoms with van der Waals surface area (Å²) in [7, 11) is 0. The molecule has 0 radical (unpaired) electrons. The van der Waals surface area contributed by atoms with Crippen molar-refractivity contribution in [2.45, 2.75) is 77.1 Å². The molecule has 2 unspecified atom stereocenters. The van der Waals surface area contributed by atoms with Crippen LogP contribution in [0.1, 0.15) is 64.0 Å². The highest BCUT2D eigenvalue weighted by atomic mass is 35.5. The Morgan fingerprint density at radius 1 is 1.25 bits per heavy atom. The Hall–Kier alpha value is -2.58. The Morgan fingerprint density at radius 3 is 2.75 bits per heavy atom. The number of nitrogen functional groups attached to an aromatic ring is 1. The Labute approximate surface area is 193 Å². The lowest BCUT2D eigenvalue weighted by Crippen LogP contribution is -2.31. The van der Waals surface area contributed by atoms with E-state index in [2.05, 4.69) is 20.2 Å². The molecule has 1 aliphatic rings. The predicted octanol–water partition coefficient (Wildman–Crippen LogP) is 4.75. The van der Waals surface area contributed by atoms with Crippen LogP contribution in [-0.2, 0) is 6.54 Å². The smallest absolute Gasteiger partial charge is 0.227 e. The molecule has 2 heterocycles. The maximum absolute atomic E-state index is 10.1. The van der Waals surface area contributed by atoms with Crippen molar-refractivity contribution in [2.24, 2.45) is 0 Å². The number of fused-ring (bicyclic) bond motifs is 1. The van der Waals surface area contributed by atoms with Crippen LogP contribution in [0.2, 0.25) is 5.02 Å². The van der Waals surface area contributed by atoms with E-state index in [4.69, 9.17) is 27.3 Å². The topological polar surface area (TPSA) is 114 Å². The van der Waals surface area contributed by atoms with Crippen LogP contribution in [0.25, 0.3) is 11.2 Å². The number of nitrogens with two attached hydrogens (primary N) is 1. The number of aromatic nitrogens is 4. The van der Waals surface area contributed by atoms with Crippen molar-refractivity contribution in [3.63, 3.8) is 0 Å². The zero-order chi connectivity index (χ0) is 22.7. The van der Waals surface area contributed by atoms with Crippen molar-refractivity contribution < 1.29 is 5.11 Å². The number of halogens is 1. The van der Waals surface area contributed by atoms with Gasteiger partial charge in [0.25, 0.3) is 0 Å². The molecule has 0 amide bonds. The molecule has 0 spiro atoms. The van der Waals surface area contributed by atoms with E-state index in [0.29, 0.717) is 35.1 Å². The number of benzene rings is 1. The van der Waals surface area contributed by atoms with Gasteiger partial charge >= 0.3 is 0 Å². The highest BCUT2D eigenvalue weighted by Crippen LogP contribution is 2.32. The van der Waals surface area contributed by atoms with Gasteiger partial charge in [0.15, 0.2) is 17.0 Å². The second-order valence-corrected chi connectivity index (χ2v) is 8.98. The van der Waals surface area contributed by atoms with Gasteiger partial charge in [-0.05, 0) is 37.8 Å². The largest absolute Gasteiger partial charge is 0.397 e. The second-order valence-electron chi connectivity index (χ2n) is 8.58. The minimum absolute atomic E-state index is 0.144. The van der Waals surface area contributed by atoms with Gasteiger partial charge in [0.2, 0.25) is 5.95 Å². The van der Waals surface area contributed by atoms with E-state index >= 15 is 0 Å². The molecule has 2 atom stereocenters. The Kier molecular flexibility index (Phi) is 7.01. The summed E-state index contributed by atoms with van der Waals surface area (Å²) in [5, 5.41) is 17.3. The standard InChI is InChI=1S/C23H32ClN7O/c1-3-18(14(2)32)28-23-29-21(26-12-15-8-7-11-17(24)19(15)25)20-22(30-23)31(13-27-20)16-9-5-4-6-10-16/h7-8,11,13-14,16,18,32H,3-6,9-10,12,25H2,1-2H3,(H2,26,28,29,30). The lowest BCUT2D eigenvalue weighted by Gasteiger charge is -2.24. The monoisotopic (exact) mass is 457 g/mol. The fourth-order valence-electron chi connectivity index (χ4n) is 4.38. The van der Waals surface area contributed by atoms with Gasteiger partial charge in [-0.3, -0.25) is 0 Å². The molecule has 0 aliphatic heterocycles. The molecule has 0 bridgehead atoms. The summed E-state index contributed by atoms with van der Waals surface area (Å²) in [6.07, 6.45) is 8.10. The van der Waals surface area contributed by atoms with Gasteiger partial charge in [-0.2, -0.15) is 9.97 Å². The van der Waals surface area contributed by atoms with Crippen molar-refractivity contribution in [3.05, 3.63) is 35.1 Å². The summed E-state index contributed by atoms with van der Waals surface area (Å²) in [5.41, 5.74) is 9.12. The van der Waals surface area contributed by atoms with Crippen molar-refractivity contribution in [1.29, 1.82) is 0 Å². The molecule has 8 nitrogen and oxygen atoms in total. The van der Waals surface area contributed by atoms with E-state index in [-0.39, 0.29) is 6.04 Å². The lowest BCUT2D eigenvalue weighted by molar-refractivity contribution is 0.169. The van der Waals surface area contributed by atoms with Crippen molar-refractivity contribution in [2.75, 3.05) is 16.4 Å². The summed E-state index contributed by atoms with van der Waals surface area (Å²) >= 11 is 6.18. The predicted molar refractivity (Wildman–Crippen MR) is 130 cm³/mol. The zero-order valence-electron chi connectivity index (χ0n) is 18.7. The molecule has 1 saturated carbocycles. The summed E-state index contributed by atoms with van der Waals surface area (Å²) in [6, 6.07) is 5.84. The highest BCUT2D eigenvalue weighted by molar-refractivity contribution is 6.33. The molecule has 1 aromatic carbocycles. The van der Waals surface area contributed by atoms with E-state index in [1.807, 2.05) is 25.4 Å². The van der Waals surface area contributed by atoms with Crippen molar-refractivity contribution in [3.8, 4) is 0 Å². The molecule has 5 N–H and O–H groups in total. The van der Waals surface area contributed by atoms with Crippen LogP contribution < -0.4 is 16.4 Å². The molecule has 1 aliphatic carbocycles.